The monoisotopic (exact) mass is 216 g/mol. The summed E-state index contributed by atoms with van der Waals surface area (Å²) in [5.74, 6) is -0.0772. The molecule has 0 saturated heterocycles. The summed E-state index contributed by atoms with van der Waals surface area (Å²) in [5, 5.41) is 12.6. The van der Waals surface area contributed by atoms with E-state index >= 15 is 0 Å². The number of carbonyl (C=O) groups is 1. The molecule has 0 aromatic rings. The maximum Gasteiger partial charge on any atom is 0.237 e. The Morgan fingerprint density at radius 3 is 2.20 bits per heavy atom. The molecule has 0 fully saturated rings. The van der Waals surface area contributed by atoms with E-state index in [1.54, 1.807) is 0 Å². The standard InChI is InChI=1S/C11H24N2O2/c1-5-11(15,6-2)7-13-10(14)9(12)8(3)4/h8-9,15H,5-7,12H2,1-4H3,(H,13,14)/t9-/m1/s1. The predicted molar refractivity (Wildman–Crippen MR) is 61.4 cm³/mol. The molecule has 4 heteroatoms. The van der Waals surface area contributed by atoms with E-state index in [-0.39, 0.29) is 18.4 Å². The molecule has 15 heavy (non-hydrogen) atoms. The van der Waals surface area contributed by atoms with Gasteiger partial charge in [0.15, 0.2) is 0 Å². The van der Waals surface area contributed by atoms with Crippen LogP contribution in [0.1, 0.15) is 40.5 Å². The molecule has 0 spiro atoms. The number of carbonyl (C=O) groups excluding carboxylic acids is 1. The Kier molecular flexibility index (Phi) is 5.83. The van der Waals surface area contributed by atoms with Crippen molar-refractivity contribution >= 4 is 5.91 Å². The molecule has 90 valence electrons. The first-order valence-electron chi connectivity index (χ1n) is 5.62. The van der Waals surface area contributed by atoms with Gasteiger partial charge in [0, 0.05) is 6.54 Å². The normalized spacial score (nSPS) is 14.1. The zero-order valence-electron chi connectivity index (χ0n) is 10.2. The fraction of sp³-hybridized carbons (Fsp3) is 0.909. The highest BCUT2D eigenvalue weighted by Gasteiger charge is 2.24. The van der Waals surface area contributed by atoms with E-state index in [1.165, 1.54) is 0 Å². The summed E-state index contributed by atoms with van der Waals surface area (Å²) >= 11 is 0. The lowest BCUT2D eigenvalue weighted by molar-refractivity contribution is -0.124. The third kappa shape index (κ3) is 4.62. The molecule has 1 amide bonds. The van der Waals surface area contributed by atoms with Gasteiger partial charge in [-0.2, -0.15) is 0 Å². The first-order valence-corrected chi connectivity index (χ1v) is 5.62. The van der Waals surface area contributed by atoms with Crippen molar-refractivity contribution in [2.24, 2.45) is 11.7 Å². The van der Waals surface area contributed by atoms with Gasteiger partial charge in [-0.1, -0.05) is 27.7 Å². The summed E-state index contributed by atoms with van der Waals surface area (Å²) in [6.07, 6.45) is 1.25. The van der Waals surface area contributed by atoms with Gasteiger partial charge < -0.3 is 16.2 Å². The van der Waals surface area contributed by atoms with Gasteiger partial charge in [-0.25, -0.2) is 0 Å². The first-order chi connectivity index (χ1) is 6.86. The van der Waals surface area contributed by atoms with Crippen LogP contribution in [0.2, 0.25) is 0 Å². The molecule has 0 aromatic heterocycles. The Labute approximate surface area is 92.2 Å². The third-order valence-electron chi connectivity index (χ3n) is 2.93. The summed E-state index contributed by atoms with van der Waals surface area (Å²) in [7, 11) is 0. The zero-order valence-corrected chi connectivity index (χ0v) is 10.2. The molecule has 0 saturated carbocycles. The zero-order chi connectivity index (χ0) is 12.1. The second-order valence-corrected chi connectivity index (χ2v) is 4.42. The minimum absolute atomic E-state index is 0.112. The Hall–Kier alpha value is -0.610. The number of aliphatic hydroxyl groups is 1. The molecule has 0 aliphatic heterocycles. The Bertz CT molecular complexity index is 201. The first kappa shape index (κ1) is 14.4. The van der Waals surface area contributed by atoms with Crippen LogP contribution in [0.5, 0.6) is 0 Å². The fourth-order valence-corrected chi connectivity index (χ4v) is 1.17. The molecule has 0 radical (unpaired) electrons. The lowest BCUT2D eigenvalue weighted by Gasteiger charge is -2.26. The number of nitrogens with two attached hydrogens (primary N) is 1. The van der Waals surface area contributed by atoms with E-state index in [9.17, 15) is 9.90 Å². The summed E-state index contributed by atoms with van der Waals surface area (Å²) in [6.45, 7) is 7.88. The molecule has 4 nitrogen and oxygen atoms in total. The van der Waals surface area contributed by atoms with Gasteiger partial charge in [-0.15, -0.1) is 0 Å². The Morgan fingerprint density at radius 1 is 1.40 bits per heavy atom. The number of amides is 1. The lowest BCUT2D eigenvalue weighted by atomic mass is 9.97. The molecule has 0 unspecified atom stereocenters. The smallest absolute Gasteiger partial charge is 0.237 e. The highest BCUT2D eigenvalue weighted by molar-refractivity contribution is 5.81. The molecular formula is C11H24N2O2. The minimum Gasteiger partial charge on any atom is -0.388 e. The summed E-state index contributed by atoms with van der Waals surface area (Å²) in [6, 6.07) is -0.497. The highest BCUT2D eigenvalue weighted by Crippen LogP contribution is 2.12. The molecule has 0 aromatic carbocycles. The molecule has 0 rings (SSSR count). The predicted octanol–water partition coefficient (Wildman–Crippen LogP) is 0.637. The Morgan fingerprint density at radius 2 is 1.87 bits per heavy atom. The van der Waals surface area contributed by atoms with E-state index in [0.29, 0.717) is 12.8 Å². The van der Waals surface area contributed by atoms with Gasteiger partial charge in [0.25, 0.3) is 0 Å². The lowest BCUT2D eigenvalue weighted by Crippen LogP contribution is -2.49. The van der Waals surface area contributed by atoms with Gasteiger partial charge in [-0.05, 0) is 18.8 Å². The second kappa shape index (κ2) is 6.08. The van der Waals surface area contributed by atoms with Crippen molar-refractivity contribution in [2.45, 2.75) is 52.2 Å². The molecule has 0 aliphatic carbocycles. The largest absolute Gasteiger partial charge is 0.388 e. The van der Waals surface area contributed by atoms with Crippen molar-refractivity contribution in [3.05, 3.63) is 0 Å². The summed E-state index contributed by atoms with van der Waals surface area (Å²) < 4.78 is 0. The van der Waals surface area contributed by atoms with Crippen LogP contribution in [0.15, 0.2) is 0 Å². The van der Waals surface area contributed by atoms with Crippen molar-refractivity contribution < 1.29 is 9.90 Å². The summed E-state index contributed by atoms with van der Waals surface area (Å²) in [4.78, 5) is 11.5. The van der Waals surface area contributed by atoms with Crippen LogP contribution in [0, 0.1) is 5.92 Å². The maximum absolute atomic E-state index is 11.5. The number of hydrogen-bond donors (Lipinski definition) is 3. The quantitative estimate of drug-likeness (QED) is 0.610. The van der Waals surface area contributed by atoms with E-state index in [4.69, 9.17) is 5.73 Å². The van der Waals surface area contributed by atoms with Gasteiger partial charge in [-0.3, -0.25) is 4.79 Å². The molecule has 4 N–H and O–H groups in total. The molecule has 0 bridgehead atoms. The van der Waals surface area contributed by atoms with Crippen LogP contribution >= 0.6 is 0 Å². The van der Waals surface area contributed by atoms with Crippen LogP contribution in [0.4, 0.5) is 0 Å². The van der Waals surface area contributed by atoms with Crippen LogP contribution in [0.3, 0.4) is 0 Å². The molecular weight excluding hydrogens is 192 g/mol. The Balaban J connectivity index is 4.10. The van der Waals surface area contributed by atoms with Crippen molar-refractivity contribution in [2.75, 3.05) is 6.54 Å². The van der Waals surface area contributed by atoms with Crippen molar-refractivity contribution in [3.8, 4) is 0 Å². The fourth-order valence-electron chi connectivity index (χ4n) is 1.17. The molecule has 0 heterocycles. The van der Waals surface area contributed by atoms with Gasteiger partial charge >= 0.3 is 0 Å². The van der Waals surface area contributed by atoms with Crippen LogP contribution < -0.4 is 11.1 Å². The van der Waals surface area contributed by atoms with Crippen molar-refractivity contribution in [3.63, 3.8) is 0 Å². The SMILES string of the molecule is CCC(O)(CC)CNC(=O)[C@H](N)C(C)C. The van der Waals surface area contributed by atoms with Gasteiger partial charge in [0.1, 0.15) is 0 Å². The van der Waals surface area contributed by atoms with E-state index in [1.807, 2.05) is 27.7 Å². The van der Waals surface area contributed by atoms with Crippen molar-refractivity contribution in [1.29, 1.82) is 0 Å². The van der Waals surface area contributed by atoms with E-state index < -0.39 is 11.6 Å². The maximum atomic E-state index is 11.5. The van der Waals surface area contributed by atoms with Crippen LogP contribution in [-0.2, 0) is 4.79 Å². The second-order valence-electron chi connectivity index (χ2n) is 4.42. The molecule has 0 aliphatic rings. The molecule has 1 atom stereocenters. The van der Waals surface area contributed by atoms with E-state index in [2.05, 4.69) is 5.32 Å². The third-order valence-corrected chi connectivity index (χ3v) is 2.93. The highest BCUT2D eigenvalue weighted by atomic mass is 16.3. The van der Waals surface area contributed by atoms with Gasteiger partial charge in [0.2, 0.25) is 5.91 Å². The number of hydrogen-bond acceptors (Lipinski definition) is 3. The van der Waals surface area contributed by atoms with Crippen LogP contribution in [0.25, 0.3) is 0 Å². The van der Waals surface area contributed by atoms with Crippen molar-refractivity contribution in [1.82, 2.24) is 5.32 Å². The topological polar surface area (TPSA) is 75.3 Å². The number of rotatable bonds is 6. The van der Waals surface area contributed by atoms with Crippen LogP contribution in [-0.4, -0.2) is 29.2 Å². The number of nitrogens with one attached hydrogen (secondary N) is 1. The van der Waals surface area contributed by atoms with E-state index in [0.717, 1.165) is 0 Å². The average molecular weight is 216 g/mol. The van der Waals surface area contributed by atoms with Gasteiger partial charge in [0.05, 0.1) is 11.6 Å². The summed E-state index contributed by atoms with van der Waals surface area (Å²) in [5.41, 5.74) is 4.88. The average Bonchev–Trinajstić information content (AvgIpc) is 2.24. The minimum atomic E-state index is -0.799.